The molecule has 1 heterocycles. The van der Waals surface area contributed by atoms with Gasteiger partial charge in [0, 0.05) is 0 Å². The van der Waals surface area contributed by atoms with Crippen LogP contribution in [0, 0.1) is 11.6 Å². The quantitative estimate of drug-likeness (QED) is 0.860. The minimum Gasteiger partial charge on any atom is -0.497 e. The Balaban J connectivity index is 2.09. The summed E-state index contributed by atoms with van der Waals surface area (Å²) >= 11 is 0. The monoisotopic (exact) mass is 281 g/mol. The van der Waals surface area contributed by atoms with Crippen LogP contribution in [0.4, 0.5) is 8.78 Å². The molecule has 0 spiro atoms. The maximum absolute atomic E-state index is 13.3. The van der Waals surface area contributed by atoms with Crippen LogP contribution in [-0.2, 0) is 11.2 Å². The van der Waals surface area contributed by atoms with E-state index in [1.807, 2.05) is 0 Å². The Hall–Kier alpha value is -1.42. The molecule has 2 rings (SSSR count). The largest absolute Gasteiger partial charge is 0.497 e. The Kier molecular flexibility index (Phi) is 5.53. The molecule has 0 aliphatic carbocycles. The maximum Gasteiger partial charge on any atom is 0.159 e. The van der Waals surface area contributed by atoms with Crippen LogP contribution < -0.4 is 5.32 Å². The Morgan fingerprint density at radius 1 is 1.30 bits per heavy atom. The van der Waals surface area contributed by atoms with Gasteiger partial charge in [0.15, 0.2) is 11.6 Å². The summed E-state index contributed by atoms with van der Waals surface area (Å²) in [5, 5.41) is 3.41. The highest BCUT2D eigenvalue weighted by Crippen LogP contribution is 2.18. The molecule has 1 aromatic rings. The van der Waals surface area contributed by atoms with Crippen molar-refractivity contribution in [2.24, 2.45) is 0 Å². The van der Waals surface area contributed by atoms with Gasteiger partial charge in [0.2, 0.25) is 0 Å². The third kappa shape index (κ3) is 4.04. The molecule has 20 heavy (non-hydrogen) atoms. The topological polar surface area (TPSA) is 21.3 Å². The lowest BCUT2D eigenvalue weighted by atomic mass is 10.0. The van der Waals surface area contributed by atoms with Crippen molar-refractivity contribution >= 4 is 0 Å². The predicted molar refractivity (Wildman–Crippen MR) is 75.4 cm³/mol. The van der Waals surface area contributed by atoms with Gasteiger partial charge in [0.25, 0.3) is 0 Å². The highest BCUT2D eigenvalue weighted by atomic mass is 19.2. The van der Waals surface area contributed by atoms with E-state index in [0.717, 1.165) is 43.7 Å². The van der Waals surface area contributed by atoms with Crippen LogP contribution in [0.15, 0.2) is 30.0 Å². The van der Waals surface area contributed by atoms with E-state index in [0.29, 0.717) is 6.42 Å². The molecule has 0 bridgehead atoms. The molecule has 0 saturated carbocycles. The van der Waals surface area contributed by atoms with E-state index in [1.165, 1.54) is 12.1 Å². The van der Waals surface area contributed by atoms with Crippen LogP contribution in [0.1, 0.15) is 31.7 Å². The number of ether oxygens (including phenoxy) is 1. The molecule has 0 amide bonds. The van der Waals surface area contributed by atoms with Gasteiger partial charge in [-0.2, -0.15) is 0 Å². The summed E-state index contributed by atoms with van der Waals surface area (Å²) in [6.07, 6.45) is 5.76. The van der Waals surface area contributed by atoms with Crippen LogP contribution in [0.5, 0.6) is 0 Å². The standard InChI is InChI=1S/C16H21F2NO/c1-2-8-19-15(16-5-3-4-9-20-16)11-12-6-7-13(17)14(18)10-12/h5-7,10,15,19H,2-4,8-9,11H2,1H3. The summed E-state index contributed by atoms with van der Waals surface area (Å²) in [6.45, 7) is 3.70. The summed E-state index contributed by atoms with van der Waals surface area (Å²) in [5.41, 5.74) is 0.771. The van der Waals surface area contributed by atoms with Crippen molar-refractivity contribution in [3.05, 3.63) is 47.2 Å². The lowest BCUT2D eigenvalue weighted by Gasteiger charge is -2.25. The van der Waals surface area contributed by atoms with Crippen molar-refractivity contribution in [3.8, 4) is 0 Å². The molecule has 1 N–H and O–H groups in total. The van der Waals surface area contributed by atoms with Crippen LogP contribution in [0.3, 0.4) is 0 Å². The molecular weight excluding hydrogens is 260 g/mol. The molecule has 0 aromatic heterocycles. The number of hydrogen-bond donors (Lipinski definition) is 1. The van der Waals surface area contributed by atoms with Crippen LogP contribution in [0.2, 0.25) is 0 Å². The lowest BCUT2D eigenvalue weighted by Crippen LogP contribution is -2.35. The zero-order chi connectivity index (χ0) is 14.4. The van der Waals surface area contributed by atoms with Gasteiger partial charge in [0.05, 0.1) is 12.6 Å². The first-order chi connectivity index (χ1) is 9.70. The minimum absolute atomic E-state index is 0.0279. The first kappa shape index (κ1) is 15.0. The van der Waals surface area contributed by atoms with E-state index >= 15 is 0 Å². The molecule has 1 aliphatic rings. The zero-order valence-corrected chi connectivity index (χ0v) is 11.8. The van der Waals surface area contributed by atoms with Gasteiger partial charge in [-0.1, -0.05) is 13.0 Å². The van der Waals surface area contributed by atoms with E-state index in [-0.39, 0.29) is 6.04 Å². The van der Waals surface area contributed by atoms with Gasteiger partial charge in [-0.3, -0.25) is 0 Å². The molecule has 1 aromatic carbocycles. The number of allylic oxidation sites excluding steroid dienone is 1. The smallest absolute Gasteiger partial charge is 0.159 e. The summed E-state index contributed by atoms with van der Waals surface area (Å²) in [7, 11) is 0. The summed E-state index contributed by atoms with van der Waals surface area (Å²) < 4.78 is 31.9. The van der Waals surface area contributed by atoms with E-state index in [4.69, 9.17) is 4.74 Å². The number of rotatable bonds is 6. The maximum atomic E-state index is 13.3. The number of halogens is 2. The minimum atomic E-state index is -0.806. The van der Waals surface area contributed by atoms with Crippen molar-refractivity contribution in [1.29, 1.82) is 0 Å². The molecule has 4 heteroatoms. The second-order valence-corrected chi connectivity index (χ2v) is 5.06. The molecule has 0 radical (unpaired) electrons. The lowest BCUT2D eigenvalue weighted by molar-refractivity contribution is 0.167. The van der Waals surface area contributed by atoms with Crippen LogP contribution >= 0.6 is 0 Å². The summed E-state index contributed by atoms with van der Waals surface area (Å²) in [4.78, 5) is 0. The highest BCUT2D eigenvalue weighted by Gasteiger charge is 2.18. The SMILES string of the molecule is CCCNC(Cc1ccc(F)c(F)c1)C1=CCCCO1. The third-order valence-corrected chi connectivity index (χ3v) is 3.37. The Labute approximate surface area is 118 Å². The third-order valence-electron chi connectivity index (χ3n) is 3.37. The molecule has 1 unspecified atom stereocenters. The van der Waals surface area contributed by atoms with Gasteiger partial charge in [-0.05, 0) is 56.0 Å². The first-order valence-electron chi connectivity index (χ1n) is 7.21. The number of nitrogens with one attached hydrogen (secondary N) is 1. The van der Waals surface area contributed by atoms with Gasteiger partial charge < -0.3 is 10.1 Å². The van der Waals surface area contributed by atoms with Crippen molar-refractivity contribution < 1.29 is 13.5 Å². The normalized spacial score (nSPS) is 16.4. The van der Waals surface area contributed by atoms with E-state index in [2.05, 4.69) is 18.3 Å². The van der Waals surface area contributed by atoms with Gasteiger partial charge in [-0.25, -0.2) is 8.78 Å². The van der Waals surface area contributed by atoms with Crippen molar-refractivity contribution in [2.45, 2.75) is 38.6 Å². The Bertz CT molecular complexity index is 474. The molecule has 2 nitrogen and oxygen atoms in total. The molecule has 110 valence electrons. The van der Waals surface area contributed by atoms with E-state index < -0.39 is 11.6 Å². The number of hydrogen-bond acceptors (Lipinski definition) is 2. The van der Waals surface area contributed by atoms with Crippen molar-refractivity contribution in [3.63, 3.8) is 0 Å². The Morgan fingerprint density at radius 3 is 2.80 bits per heavy atom. The van der Waals surface area contributed by atoms with Crippen LogP contribution in [0.25, 0.3) is 0 Å². The second-order valence-electron chi connectivity index (χ2n) is 5.06. The molecule has 0 saturated heterocycles. The van der Waals surface area contributed by atoms with Gasteiger partial charge in [-0.15, -0.1) is 0 Å². The zero-order valence-electron chi connectivity index (χ0n) is 11.8. The average molecular weight is 281 g/mol. The van der Waals surface area contributed by atoms with Crippen molar-refractivity contribution in [1.82, 2.24) is 5.32 Å². The van der Waals surface area contributed by atoms with Gasteiger partial charge in [0.1, 0.15) is 5.76 Å². The highest BCUT2D eigenvalue weighted by molar-refractivity contribution is 5.21. The average Bonchev–Trinajstić information content (AvgIpc) is 2.48. The first-order valence-corrected chi connectivity index (χ1v) is 7.21. The predicted octanol–water partition coefficient (Wildman–Crippen LogP) is 3.57. The summed E-state index contributed by atoms with van der Waals surface area (Å²) in [6, 6.07) is 4.10. The number of benzene rings is 1. The van der Waals surface area contributed by atoms with E-state index in [1.54, 1.807) is 6.07 Å². The fourth-order valence-corrected chi connectivity index (χ4v) is 2.31. The van der Waals surface area contributed by atoms with Crippen LogP contribution in [-0.4, -0.2) is 19.2 Å². The second kappa shape index (κ2) is 7.39. The molecule has 1 atom stereocenters. The Morgan fingerprint density at radius 2 is 2.15 bits per heavy atom. The van der Waals surface area contributed by atoms with Gasteiger partial charge >= 0.3 is 0 Å². The van der Waals surface area contributed by atoms with Crippen molar-refractivity contribution in [2.75, 3.05) is 13.2 Å². The molecule has 0 fully saturated rings. The fraction of sp³-hybridized carbons (Fsp3) is 0.500. The van der Waals surface area contributed by atoms with E-state index in [9.17, 15) is 8.78 Å². The molecular formula is C16H21F2NO. The summed E-state index contributed by atoms with van der Waals surface area (Å²) in [5.74, 6) is -0.676. The molecule has 1 aliphatic heterocycles. The fourth-order valence-electron chi connectivity index (χ4n) is 2.31.